The Hall–Kier alpha value is -0.670. The minimum Gasteiger partial charge on any atom is -0.478 e. The number of aliphatic hydroxyl groups is 1. The summed E-state index contributed by atoms with van der Waals surface area (Å²) in [4.78, 5) is 10.9. The van der Waals surface area contributed by atoms with E-state index in [1.165, 1.54) is 6.07 Å². The number of carboxylic acids is 1. The van der Waals surface area contributed by atoms with E-state index >= 15 is 0 Å². The van der Waals surface area contributed by atoms with Crippen LogP contribution in [0.25, 0.3) is 0 Å². The van der Waals surface area contributed by atoms with Crippen LogP contribution in [-0.2, 0) is 10.0 Å². The van der Waals surface area contributed by atoms with Gasteiger partial charge in [-0.3, -0.25) is 0 Å². The Morgan fingerprint density at radius 3 is 2.48 bits per heavy atom. The summed E-state index contributed by atoms with van der Waals surface area (Å²) in [6.07, 6.45) is 0.569. The van der Waals surface area contributed by atoms with Gasteiger partial charge in [-0.25, -0.2) is 13.2 Å². The summed E-state index contributed by atoms with van der Waals surface area (Å²) >= 11 is 8.89. The molecule has 9 heteroatoms. The van der Waals surface area contributed by atoms with E-state index in [1.807, 2.05) is 0 Å². The highest BCUT2D eigenvalue weighted by Gasteiger charge is 2.26. The summed E-state index contributed by atoms with van der Waals surface area (Å²) < 4.78 is 26.3. The van der Waals surface area contributed by atoms with Crippen molar-refractivity contribution in [3.05, 3.63) is 27.2 Å². The molecule has 1 rings (SSSR count). The van der Waals surface area contributed by atoms with Crippen molar-refractivity contribution >= 4 is 43.5 Å². The number of carboxylic acid groups (broad SMARTS) is 1. The first-order valence-corrected chi connectivity index (χ1v) is 8.70. The van der Waals surface area contributed by atoms with Gasteiger partial charge in [0.25, 0.3) is 0 Å². The SMILES string of the molecule is CCCN(CCO)S(=O)(=O)c1cc(Br)c(Cl)c(C(=O)O)c1. The van der Waals surface area contributed by atoms with E-state index < -0.39 is 16.0 Å². The van der Waals surface area contributed by atoms with E-state index in [-0.39, 0.29) is 39.7 Å². The third-order valence-electron chi connectivity index (χ3n) is 2.69. The van der Waals surface area contributed by atoms with Gasteiger partial charge in [-0.2, -0.15) is 4.31 Å². The molecule has 0 heterocycles. The molecule has 1 aromatic carbocycles. The van der Waals surface area contributed by atoms with Crippen molar-refractivity contribution in [1.29, 1.82) is 0 Å². The minimum atomic E-state index is -3.90. The van der Waals surface area contributed by atoms with E-state index in [9.17, 15) is 13.2 Å². The van der Waals surface area contributed by atoms with Crippen LogP contribution in [0.5, 0.6) is 0 Å². The molecule has 0 atom stereocenters. The first-order chi connectivity index (χ1) is 9.75. The van der Waals surface area contributed by atoms with Gasteiger partial charge in [0.05, 0.1) is 22.1 Å². The van der Waals surface area contributed by atoms with Crippen LogP contribution in [0.2, 0.25) is 5.02 Å². The summed E-state index contributed by atoms with van der Waals surface area (Å²) in [6, 6.07) is 2.27. The molecule has 0 aliphatic heterocycles. The molecule has 0 aliphatic carbocycles. The number of hydrogen-bond acceptors (Lipinski definition) is 4. The summed E-state index contributed by atoms with van der Waals surface area (Å²) in [6.45, 7) is 1.66. The van der Waals surface area contributed by atoms with Gasteiger partial charge < -0.3 is 10.2 Å². The normalized spacial score (nSPS) is 11.9. The Balaban J connectivity index is 3.40. The van der Waals surface area contributed by atoms with E-state index in [4.69, 9.17) is 21.8 Å². The average Bonchev–Trinajstić information content (AvgIpc) is 2.40. The standard InChI is InChI=1S/C12H15BrClNO5S/c1-2-3-15(4-5-16)21(19,20)8-6-9(12(17)18)11(14)10(13)7-8/h6-7,16H,2-5H2,1H3,(H,17,18). The minimum absolute atomic E-state index is 0.0567. The van der Waals surface area contributed by atoms with Crippen molar-refractivity contribution < 1.29 is 23.4 Å². The largest absolute Gasteiger partial charge is 0.478 e. The smallest absolute Gasteiger partial charge is 0.337 e. The molecule has 0 aromatic heterocycles. The maximum absolute atomic E-state index is 12.5. The lowest BCUT2D eigenvalue weighted by Crippen LogP contribution is -2.34. The van der Waals surface area contributed by atoms with Gasteiger partial charge >= 0.3 is 5.97 Å². The predicted molar refractivity (Wildman–Crippen MR) is 82.2 cm³/mol. The molecular weight excluding hydrogens is 386 g/mol. The molecule has 0 fully saturated rings. The van der Waals surface area contributed by atoms with Crippen molar-refractivity contribution in [2.75, 3.05) is 19.7 Å². The summed E-state index contributed by atoms with van der Waals surface area (Å²) in [5.41, 5.74) is -0.301. The quantitative estimate of drug-likeness (QED) is 0.731. The second-order valence-electron chi connectivity index (χ2n) is 4.20. The molecule has 0 saturated carbocycles. The zero-order valence-corrected chi connectivity index (χ0v) is 14.4. The van der Waals surface area contributed by atoms with Crippen LogP contribution < -0.4 is 0 Å². The number of carbonyl (C=O) groups is 1. The van der Waals surface area contributed by atoms with E-state index in [0.717, 1.165) is 10.4 Å². The van der Waals surface area contributed by atoms with Crippen LogP contribution in [0.4, 0.5) is 0 Å². The number of benzene rings is 1. The van der Waals surface area contributed by atoms with Crippen LogP contribution in [0.15, 0.2) is 21.5 Å². The fourth-order valence-electron chi connectivity index (χ4n) is 1.73. The van der Waals surface area contributed by atoms with Gasteiger partial charge in [-0.05, 0) is 34.5 Å². The molecule has 6 nitrogen and oxygen atoms in total. The van der Waals surface area contributed by atoms with E-state index in [1.54, 1.807) is 6.92 Å². The Kier molecular flexibility index (Phi) is 6.61. The monoisotopic (exact) mass is 399 g/mol. The van der Waals surface area contributed by atoms with Crippen molar-refractivity contribution in [1.82, 2.24) is 4.31 Å². The predicted octanol–water partition coefficient (Wildman–Crippen LogP) is 2.19. The highest BCUT2D eigenvalue weighted by atomic mass is 79.9. The third-order valence-corrected chi connectivity index (χ3v) is 5.83. The molecule has 118 valence electrons. The van der Waals surface area contributed by atoms with Crippen molar-refractivity contribution in [2.45, 2.75) is 18.2 Å². The lowest BCUT2D eigenvalue weighted by atomic mass is 10.2. The van der Waals surface area contributed by atoms with Crippen molar-refractivity contribution in [2.24, 2.45) is 0 Å². The summed E-state index contributed by atoms with van der Waals surface area (Å²) in [5, 5.41) is 18.0. The zero-order valence-electron chi connectivity index (χ0n) is 11.2. The fraction of sp³-hybridized carbons (Fsp3) is 0.417. The van der Waals surface area contributed by atoms with Crippen molar-refractivity contribution in [3.8, 4) is 0 Å². The number of halogens is 2. The number of sulfonamides is 1. The Labute approximate surface area is 136 Å². The van der Waals surface area contributed by atoms with Crippen LogP contribution >= 0.6 is 27.5 Å². The topological polar surface area (TPSA) is 94.9 Å². The molecule has 1 aromatic rings. The van der Waals surface area contributed by atoms with Crippen LogP contribution in [0.1, 0.15) is 23.7 Å². The first-order valence-electron chi connectivity index (χ1n) is 6.09. The first kappa shape index (κ1) is 18.4. The lowest BCUT2D eigenvalue weighted by Gasteiger charge is -2.21. The molecule has 0 radical (unpaired) electrons. The third kappa shape index (κ3) is 4.17. The second kappa shape index (κ2) is 7.55. The van der Waals surface area contributed by atoms with Gasteiger partial charge in [0.1, 0.15) is 0 Å². The average molecular weight is 401 g/mol. The summed E-state index contributed by atoms with van der Waals surface area (Å²) in [7, 11) is -3.90. The Bertz CT molecular complexity index is 629. The molecule has 0 spiro atoms. The highest BCUT2D eigenvalue weighted by molar-refractivity contribution is 9.10. The maximum atomic E-state index is 12.5. The number of aromatic carboxylic acids is 1. The molecular formula is C12H15BrClNO5S. The van der Waals surface area contributed by atoms with Gasteiger partial charge in [-0.1, -0.05) is 18.5 Å². The number of rotatable bonds is 7. The second-order valence-corrected chi connectivity index (χ2v) is 7.37. The maximum Gasteiger partial charge on any atom is 0.337 e. The van der Waals surface area contributed by atoms with E-state index in [0.29, 0.717) is 6.42 Å². The van der Waals surface area contributed by atoms with Gasteiger partial charge in [0, 0.05) is 17.6 Å². The molecule has 2 N–H and O–H groups in total. The van der Waals surface area contributed by atoms with Crippen LogP contribution in [-0.4, -0.2) is 48.6 Å². The van der Waals surface area contributed by atoms with Crippen LogP contribution in [0, 0.1) is 0 Å². The van der Waals surface area contributed by atoms with Gasteiger partial charge in [0.2, 0.25) is 10.0 Å². The lowest BCUT2D eigenvalue weighted by molar-refractivity contribution is 0.0696. The summed E-state index contributed by atoms with van der Waals surface area (Å²) in [5.74, 6) is -1.32. The molecule has 0 aliphatic rings. The molecule has 21 heavy (non-hydrogen) atoms. The number of nitrogens with zero attached hydrogens (tertiary/aromatic N) is 1. The fourth-order valence-corrected chi connectivity index (χ4v) is 4.11. The van der Waals surface area contributed by atoms with Crippen LogP contribution in [0.3, 0.4) is 0 Å². The number of aliphatic hydroxyl groups excluding tert-OH is 1. The molecule has 0 saturated heterocycles. The Morgan fingerprint density at radius 1 is 1.38 bits per heavy atom. The molecule has 0 unspecified atom stereocenters. The van der Waals surface area contributed by atoms with Crippen molar-refractivity contribution in [3.63, 3.8) is 0 Å². The molecule has 0 amide bonds. The highest BCUT2D eigenvalue weighted by Crippen LogP contribution is 2.31. The molecule has 0 bridgehead atoms. The Morgan fingerprint density at radius 2 is 2.00 bits per heavy atom. The zero-order chi connectivity index (χ0) is 16.2. The van der Waals surface area contributed by atoms with Gasteiger partial charge in [-0.15, -0.1) is 0 Å². The van der Waals surface area contributed by atoms with E-state index in [2.05, 4.69) is 15.9 Å². The number of hydrogen-bond donors (Lipinski definition) is 2. The van der Waals surface area contributed by atoms with Gasteiger partial charge in [0.15, 0.2) is 0 Å².